The van der Waals surface area contributed by atoms with Gasteiger partial charge in [0.1, 0.15) is 11.3 Å². The third-order valence-corrected chi connectivity index (χ3v) is 2.23. The quantitative estimate of drug-likeness (QED) is 0.770. The van der Waals surface area contributed by atoms with E-state index in [1.165, 1.54) is 6.07 Å². The van der Waals surface area contributed by atoms with Gasteiger partial charge in [-0.3, -0.25) is 0 Å². The van der Waals surface area contributed by atoms with Crippen molar-refractivity contribution < 1.29 is 15.0 Å². The number of halogens is 1. The fraction of sp³-hybridized carbons (Fsp3) is 0.222. The molecule has 0 bridgehead atoms. The summed E-state index contributed by atoms with van der Waals surface area (Å²) in [5.41, 5.74) is 0.498. The lowest BCUT2D eigenvalue weighted by Gasteiger charge is -2.06. The van der Waals surface area contributed by atoms with Gasteiger partial charge in [0.25, 0.3) is 0 Å². The van der Waals surface area contributed by atoms with Gasteiger partial charge in [-0.25, -0.2) is 4.79 Å². The highest BCUT2D eigenvalue weighted by Crippen LogP contribution is 2.29. The summed E-state index contributed by atoms with van der Waals surface area (Å²) in [6, 6.07) is 2.96. The van der Waals surface area contributed by atoms with Crippen molar-refractivity contribution in [3.63, 3.8) is 0 Å². The summed E-state index contributed by atoms with van der Waals surface area (Å²) in [5, 5.41) is 18.1. The summed E-state index contributed by atoms with van der Waals surface area (Å²) in [6.45, 7) is 1.86. The molecule has 70 valence electrons. The van der Waals surface area contributed by atoms with E-state index in [-0.39, 0.29) is 16.3 Å². The molecule has 0 aliphatic rings. The first-order chi connectivity index (χ1) is 6.07. The molecular weight excluding hydrogens is 192 g/mol. The van der Waals surface area contributed by atoms with E-state index in [4.69, 9.17) is 16.7 Å². The first-order valence-corrected chi connectivity index (χ1v) is 4.19. The molecular formula is C9H9ClO3. The molecule has 0 saturated heterocycles. The Morgan fingerprint density at radius 1 is 1.54 bits per heavy atom. The van der Waals surface area contributed by atoms with Crippen LogP contribution in [0.25, 0.3) is 0 Å². The second-order valence-corrected chi connectivity index (χ2v) is 2.97. The van der Waals surface area contributed by atoms with Crippen LogP contribution in [0.2, 0.25) is 5.02 Å². The SMILES string of the molecule is CCc1ccc(O)c(C(=O)O)c1Cl. The fourth-order valence-corrected chi connectivity index (χ4v) is 1.46. The van der Waals surface area contributed by atoms with E-state index >= 15 is 0 Å². The van der Waals surface area contributed by atoms with Gasteiger partial charge in [-0.2, -0.15) is 0 Å². The van der Waals surface area contributed by atoms with Crippen LogP contribution in [0.15, 0.2) is 12.1 Å². The van der Waals surface area contributed by atoms with Gasteiger partial charge >= 0.3 is 5.97 Å². The number of hydrogen-bond donors (Lipinski definition) is 2. The Bertz CT molecular complexity index is 347. The molecule has 0 unspecified atom stereocenters. The van der Waals surface area contributed by atoms with Crippen LogP contribution in [0, 0.1) is 0 Å². The van der Waals surface area contributed by atoms with Gasteiger partial charge in [0.15, 0.2) is 0 Å². The third kappa shape index (κ3) is 1.75. The lowest BCUT2D eigenvalue weighted by Crippen LogP contribution is -2.00. The predicted molar refractivity (Wildman–Crippen MR) is 49.5 cm³/mol. The average Bonchev–Trinajstić information content (AvgIpc) is 2.04. The summed E-state index contributed by atoms with van der Waals surface area (Å²) in [6.07, 6.45) is 0.638. The second-order valence-electron chi connectivity index (χ2n) is 2.59. The normalized spacial score (nSPS) is 10.0. The van der Waals surface area contributed by atoms with Gasteiger partial charge < -0.3 is 10.2 Å². The lowest BCUT2D eigenvalue weighted by molar-refractivity contribution is 0.0694. The molecule has 0 saturated carbocycles. The molecule has 3 nitrogen and oxygen atoms in total. The smallest absolute Gasteiger partial charge is 0.341 e. The standard InChI is InChI=1S/C9H9ClO3/c1-2-5-3-4-6(11)7(8(5)10)9(12)13/h3-4,11H,2H2,1H3,(H,12,13). The zero-order chi connectivity index (χ0) is 10.0. The number of carbonyl (C=O) groups is 1. The van der Waals surface area contributed by atoms with Crippen molar-refractivity contribution in [2.24, 2.45) is 0 Å². The van der Waals surface area contributed by atoms with Crippen molar-refractivity contribution in [2.45, 2.75) is 13.3 Å². The molecule has 1 aromatic carbocycles. The van der Waals surface area contributed by atoms with Crippen molar-refractivity contribution in [3.8, 4) is 5.75 Å². The highest BCUT2D eigenvalue weighted by Gasteiger charge is 2.16. The largest absolute Gasteiger partial charge is 0.507 e. The van der Waals surface area contributed by atoms with Crippen molar-refractivity contribution in [3.05, 3.63) is 28.3 Å². The van der Waals surface area contributed by atoms with Crippen molar-refractivity contribution in [1.82, 2.24) is 0 Å². The van der Waals surface area contributed by atoms with Crippen LogP contribution in [0.5, 0.6) is 5.75 Å². The van der Waals surface area contributed by atoms with Gasteiger partial charge in [0, 0.05) is 0 Å². The summed E-state index contributed by atoms with van der Waals surface area (Å²) in [7, 11) is 0. The molecule has 0 fully saturated rings. The van der Waals surface area contributed by atoms with Crippen LogP contribution in [-0.4, -0.2) is 16.2 Å². The molecule has 0 aromatic heterocycles. The highest BCUT2D eigenvalue weighted by molar-refractivity contribution is 6.34. The molecule has 2 N–H and O–H groups in total. The van der Waals surface area contributed by atoms with E-state index in [1.807, 2.05) is 6.92 Å². The zero-order valence-corrected chi connectivity index (χ0v) is 7.80. The van der Waals surface area contributed by atoms with E-state index in [0.717, 1.165) is 5.56 Å². The molecule has 0 amide bonds. The van der Waals surface area contributed by atoms with E-state index in [0.29, 0.717) is 6.42 Å². The van der Waals surface area contributed by atoms with Crippen molar-refractivity contribution >= 4 is 17.6 Å². The third-order valence-electron chi connectivity index (χ3n) is 1.79. The molecule has 13 heavy (non-hydrogen) atoms. The van der Waals surface area contributed by atoms with Crippen LogP contribution >= 0.6 is 11.6 Å². The number of rotatable bonds is 2. The Balaban J connectivity index is 3.38. The van der Waals surface area contributed by atoms with Gasteiger partial charge in [0.05, 0.1) is 5.02 Å². The van der Waals surface area contributed by atoms with Crippen LogP contribution in [0.4, 0.5) is 0 Å². The topological polar surface area (TPSA) is 57.5 Å². The maximum atomic E-state index is 10.7. The number of benzene rings is 1. The summed E-state index contributed by atoms with van der Waals surface area (Å²) < 4.78 is 0. The first kappa shape index (κ1) is 9.86. The Labute approximate surface area is 80.6 Å². The van der Waals surface area contributed by atoms with Crippen LogP contribution in [-0.2, 0) is 6.42 Å². The van der Waals surface area contributed by atoms with E-state index in [9.17, 15) is 9.90 Å². The number of carboxylic acid groups (broad SMARTS) is 1. The van der Waals surface area contributed by atoms with Crippen LogP contribution in [0.1, 0.15) is 22.8 Å². The number of hydrogen-bond acceptors (Lipinski definition) is 2. The number of phenols is 1. The predicted octanol–water partition coefficient (Wildman–Crippen LogP) is 2.31. The van der Waals surface area contributed by atoms with E-state index in [1.54, 1.807) is 6.07 Å². The minimum Gasteiger partial charge on any atom is -0.507 e. The molecule has 0 atom stereocenters. The zero-order valence-electron chi connectivity index (χ0n) is 7.04. The molecule has 0 spiro atoms. The second kappa shape index (κ2) is 3.66. The van der Waals surface area contributed by atoms with Crippen LogP contribution < -0.4 is 0 Å². The average molecular weight is 201 g/mol. The van der Waals surface area contributed by atoms with Crippen molar-refractivity contribution in [2.75, 3.05) is 0 Å². The molecule has 4 heteroatoms. The Morgan fingerprint density at radius 3 is 2.62 bits per heavy atom. The van der Waals surface area contributed by atoms with Gasteiger partial charge in [0.2, 0.25) is 0 Å². The van der Waals surface area contributed by atoms with Crippen LogP contribution in [0.3, 0.4) is 0 Å². The fourth-order valence-electron chi connectivity index (χ4n) is 1.09. The number of aromatic hydroxyl groups is 1. The molecule has 1 rings (SSSR count). The molecule has 0 heterocycles. The molecule has 0 aliphatic carbocycles. The van der Waals surface area contributed by atoms with Crippen molar-refractivity contribution in [1.29, 1.82) is 0 Å². The molecule has 0 aliphatic heterocycles. The molecule has 1 aromatic rings. The first-order valence-electron chi connectivity index (χ1n) is 3.81. The summed E-state index contributed by atoms with van der Waals surface area (Å²) in [4.78, 5) is 10.7. The maximum absolute atomic E-state index is 10.7. The lowest BCUT2D eigenvalue weighted by atomic mass is 10.1. The van der Waals surface area contributed by atoms with Gasteiger partial charge in [-0.05, 0) is 18.1 Å². The van der Waals surface area contributed by atoms with Gasteiger partial charge in [-0.15, -0.1) is 0 Å². The summed E-state index contributed by atoms with van der Waals surface area (Å²) >= 11 is 5.77. The Kier molecular flexibility index (Phi) is 2.78. The van der Waals surface area contributed by atoms with E-state index in [2.05, 4.69) is 0 Å². The molecule has 0 radical (unpaired) electrons. The minimum atomic E-state index is -1.21. The Morgan fingerprint density at radius 2 is 2.15 bits per heavy atom. The summed E-state index contributed by atoms with van der Waals surface area (Å²) in [5.74, 6) is -1.51. The Hall–Kier alpha value is -1.22. The minimum absolute atomic E-state index is 0.120. The van der Waals surface area contributed by atoms with E-state index < -0.39 is 5.97 Å². The monoisotopic (exact) mass is 200 g/mol. The number of carboxylic acids is 1. The van der Waals surface area contributed by atoms with Gasteiger partial charge in [-0.1, -0.05) is 24.6 Å². The maximum Gasteiger partial charge on any atom is 0.341 e. The highest BCUT2D eigenvalue weighted by atomic mass is 35.5. The number of aryl methyl sites for hydroxylation is 1. The number of aromatic carboxylic acids is 1.